The van der Waals surface area contributed by atoms with Gasteiger partial charge in [-0.15, -0.1) is 0 Å². The number of aliphatic hydroxyl groups excluding tert-OH is 1. The molecule has 0 saturated carbocycles. The first kappa shape index (κ1) is 27.4. The number of carbonyl (C=O) groups is 3. The highest BCUT2D eigenvalue weighted by Crippen LogP contribution is 2.54. The van der Waals surface area contributed by atoms with E-state index in [0.29, 0.717) is 44.1 Å². The van der Waals surface area contributed by atoms with E-state index in [-0.39, 0.29) is 24.3 Å². The second-order valence-corrected chi connectivity index (χ2v) is 10.7. The summed E-state index contributed by atoms with van der Waals surface area (Å²) in [6.45, 7) is 7.49. The fourth-order valence-corrected chi connectivity index (χ4v) is 6.60. The summed E-state index contributed by atoms with van der Waals surface area (Å²) in [6, 6.07) is 5.85. The van der Waals surface area contributed by atoms with Gasteiger partial charge in [0.05, 0.1) is 37.2 Å². The van der Waals surface area contributed by atoms with E-state index in [2.05, 4.69) is 6.92 Å². The zero-order valence-corrected chi connectivity index (χ0v) is 23.0. The van der Waals surface area contributed by atoms with Crippen molar-refractivity contribution in [1.29, 1.82) is 0 Å². The minimum Gasteiger partial charge on any atom is -0.494 e. The molecule has 1 aromatic carbocycles. The van der Waals surface area contributed by atoms with Crippen LogP contribution in [0.3, 0.4) is 0 Å². The number of aliphatic hydroxyl groups is 1. The molecular formula is C30H39N3O6. The molecule has 4 aliphatic heterocycles. The van der Waals surface area contributed by atoms with Crippen LogP contribution in [0, 0.1) is 11.8 Å². The minimum atomic E-state index is -1.28. The highest BCUT2D eigenvalue weighted by molar-refractivity contribution is 6.04. The van der Waals surface area contributed by atoms with Gasteiger partial charge >= 0.3 is 0 Å². The predicted molar refractivity (Wildman–Crippen MR) is 146 cm³/mol. The maximum atomic E-state index is 14.3. The Labute approximate surface area is 230 Å². The Morgan fingerprint density at radius 2 is 1.82 bits per heavy atom. The third-order valence-electron chi connectivity index (χ3n) is 8.50. The van der Waals surface area contributed by atoms with Crippen LogP contribution in [-0.2, 0) is 19.1 Å². The second kappa shape index (κ2) is 11.1. The summed E-state index contributed by atoms with van der Waals surface area (Å²) in [5, 5.41) is 10.2. The normalized spacial score (nSPS) is 30.7. The summed E-state index contributed by atoms with van der Waals surface area (Å²) in [7, 11) is 0. The molecule has 1 N–H and O–H groups in total. The molecule has 4 heterocycles. The Kier molecular flexibility index (Phi) is 7.82. The van der Waals surface area contributed by atoms with Crippen molar-refractivity contribution in [3.8, 4) is 5.75 Å². The van der Waals surface area contributed by atoms with Crippen LogP contribution < -0.4 is 9.64 Å². The quantitative estimate of drug-likeness (QED) is 0.486. The summed E-state index contributed by atoms with van der Waals surface area (Å²) in [6.07, 6.45) is 9.13. The van der Waals surface area contributed by atoms with E-state index in [0.717, 1.165) is 12.8 Å². The van der Waals surface area contributed by atoms with E-state index >= 15 is 0 Å². The maximum absolute atomic E-state index is 14.3. The van der Waals surface area contributed by atoms with E-state index in [1.165, 1.54) is 4.90 Å². The van der Waals surface area contributed by atoms with Crippen LogP contribution >= 0.6 is 0 Å². The van der Waals surface area contributed by atoms with Crippen molar-refractivity contribution in [3.05, 3.63) is 48.6 Å². The summed E-state index contributed by atoms with van der Waals surface area (Å²) in [5.41, 5.74) is -0.580. The molecular weight excluding hydrogens is 498 g/mol. The maximum Gasteiger partial charge on any atom is 0.249 e. The van der Waals surface area contributed by atoms with E-state index in [4.69, 9.17) is 9.47 Å². The smallest absolute Gasteiger partial charge is 0.249 e. The van der Waals surface area contributed by atoms with Crippen molar-refractivity contribution < 1.29 is 29.0 Å². The highest BCUT2D eigenvalue weighted by atomic mass is 16.5. The Morgan fingerprint density at radius 3 is 2.49 bits per heavy atom. The molecule has 2 fully saturated rings. The molecule has 210 valence electrons. The van der Waals surface area contributed by atoms with E-state index in [9.17, 15) is 19.5 Å². The number of nitrogens with zero attached hydrogens (tertiary/aromatic N) is 3. The number of hydrogen-bond donors (Lipinski definition) is 1. The standard InChI is InChI=1S/C30H39N3O6/c1-4-7-16-31-17-9-15-30-25(28(36)33(20(5-2)19-34)26(30)29(31)37)24-23(39-30)10-8-18-32(27(24)35)21-11-13-22(14-12-21)38-6-3/h8-15,20,23-26,34H,4-7,16-19H2,1-3H3/t20-,23+,24-,25-,26?,30-/m0/s1. The van der Waals surface area contributed by atoms with Gasteiger partial charge in [0.25, 0.3) is 0 Å². The molecule has 1 unspecified atom stereocenters. The summed E-state index contributed by atoms with van der Waals surface area (Å²) in [4.78, 5) is 47.6. The molecule has 0 aliphatic carbocycles. The van der Waals surface area contributed by atoms with Crippen LogP contribution in [0.25, 0.3) is 0 Å². The Bertz CT molecular complexity index is 1150. The van der Waals surface area contributed by atoms with Crippen molar-refractivity contribution in [2.75, 3.05) is 37.7 Å². The van der Waals surface area contributed by atoms with Gasteiger partial charge in [-0.05, 0) is 44.0 Å². The van der Waals surface area contributed by atoms with Crippen molar-refractivity contribution in [1.82, 2.24) is 9.80 Å². The molecule has 0 aromatic heterocycles. The van der Waals surface area contributed by atoms with Crippen LogP contribution in [0.2, 0.25) is 0 Å². The van der Waals surface area contributed by atoms with Crippen molar-refractivity contribution in [2.45, 2.75) is 63.8 Å². The number of likely N-dealkylation sites (tertiary alicyclic amines) is 1. The van der Waals surface area contributed by atoms with Gasteiger partial charge in [-0.2, -0.15) is 0 Å². The van der Waals surface area contributed by atoms with Crippen LogP contribution in [0.5, 0.6) is 5.75 Å². The number of carbonyl (C=O) groups excluding carboxylic acids is 3. The summed E-state index contributed by atoms with van der Waals surface area (Å²) in [5.74, 6) is -1.67. The average molecular weight is 538 g/mol. The molecule has 5 rings (SSSR count). The Balaban J connectivity index is 1.55. The van der Waals surface area contributed by atoms with Gasteiger partial charge in [0.15, 0.2) is 0 Å². The first-order chi connectivity index (χ1) is 18.9. The van der Waals surface area contributed by atoms with Gasteiger partial charge in [-0.3, -0.25) is 14.4 Å². The number of ether oxygens (including phenoxy) is 2. The molecule has 0 bridgehead atoms. The molecule has 3 amide bonds. The van der Waals surface area contributed by atoms with Gasteiger partial charge < -0.3 is 29.3 Å². The lowest BCUT2D eigenvalue weighted by atomic mass is 9.77. The molecule has 1 aromatic rings. The topological polar surface area (TPSA) is 99.6 Å². The van der Waals surface area contributed by atoms with E-state index in [1.807, 2.05) is 62.4 Å². The molecule has 9 heteroatoms. The van der Waals surface area contributed by atoms with Crippen molar-refractivity contribution in [2.24, 2.45) is 11.8 Å². The Morgan fingerprint density at radius 1 is 1.05 bits per heavy atom. The van der Waals surface area contributed by atoms with Gasteiger partial charge in [-0.25, -0.2) is 0 Å². The SMILES string of the molecule is CCCCN1CC=C[C@]23O[C@@H]4C=CCN(c5ccc(OCC)cc5)C(=O)[C@@H]4[C@H]2C(=O)N([C@@H](CC)CO)C3C1=O. The largest absolute Gasteiger partial charge is 0.494 e. The van der Waals surface area contributed by atoms with Crippen LogP contribution in [0.15, 0.2) is 48.6 Å². The number of amides is 3. The number of hydrogen-bond acceptors (Lipinski definition) is 6. The van der Waals surface area contributed by atoms with Crippen molar-refractivity contribution in [3.63, 3.8) is 0 Å². The lowest BCUT2D eigenvalue weighted by molar-refractivity contribution is -0.150. The fourth-order valence-electron chi connectivity index (χ4n) is 6.60. The third-order valence-corrected chi connectivity index (χ3v) is 8.50. The number of benzene rings is 1. The predicted octanol–water partition coefficient (Wildman–Crippen LogP) is 2.54. The van der Waals surface area contributed by atoms with Crippen LogP contribution in [0.4, 0.5) is 5.69 Å². The molecule has 9 nitrogen and oxygen atoms in total. The minimum absolute atomic E-state index is 0.188. The van der Waals surface area contributed by atoms with Gasteiger partial charge in [-0.1, -0.05) is 44.6 Å². The van der Waals surface area contributed by atoms with Gasteiger partial charge in [0.2, 0.25) is 17.7 Å². The zero-order valence-electron chi connectivity index (χ0n) is 23.0. The van der Waals surface area contributed by atoms with Crippen LogP contribution in [0.1, 0.15) is 40.0 Å². The Hall–Kier alpha value is -3.17. The first-order valence-corrected chi connectivity index (χ1v) is 14.2. The first-order valence-electron chi connectivity index (χ1n) is 14.2. The summed E-state index contributed by atoms with van der Waals surface area (Å²) < 4.78 is 12.2. The number of anilines is 1. The molecule has 0 radical (unpaired) electrons. The second-order valence-electron chi connectivity index (χ2n) is 10.7. The lowest BCUT2D eigenvalue weighted by Crippen LogP contribution is -2.58. The molecule has 4 aliphatic rings. The monoisotopic (exact) mass is 537 g/mol. The average Bonchev–Trinajstić information content (AvgIpc) is 3.26. The van der Waals surface area contributed by atoms with Crippen LogP contribution in [-0.4, -0.2) is 89.3 Å². The number of fused-ring (bicyclic) bond motifs is 2. The van der Waals surface area contributed by atoms with Gasteiger partial charge in [0, 0.05) is 25.3 Å². The lowest BCUT2D eigenvalue weighted by Gasteiger charge is -2.38. The molecule has 2 saturated heterocycles. The fraction of sp³-hybridized carbons (Fsp3) is 0.567. The van der Waals surface area contributed by atoms with E-state index < -0.39 is 35.6 Å². The summed E-state index contributed by atoms with van der Waals surface area (Å²) >= 11 is 0. The molecule has 39 heavy (non-hydrogen) atoms. The number of unbranched alkanes of at least 4 members (excludes halogenated alkanes) is 1. The van der Waals surface area contributed by atoms with E-state index in [1.54, 1.807) is 9.80 Å². The zero-order chi connectivity index (χ0) is 27.7. The number of rotatable bonds is 9. The third kappa shape index (κ3) is 4.45. The molecule has 1 spiro atoms. The van der Waals surface area contributed by atoms with Crippen molar-refractivity contribution >= 4 is 23.4 Å². The highest BCUT2D eigenvalue weighted by Gasteiger charge is 2.72. The van der Waals surface area contributed by atoms with Gasteiger partial charge in [0.1, 0.15) is 17.4 Å². The molecule has 6 atom stereocenters.